The molecule has 0 bridgehead atoms. The van der Waals surface area contributed by atoms with Gasteiger partial charge in [-0.25, -0.2) is 4.79 Å². The number of carboxylic acid groups (broad SMARTS) is 1. The van der Waals surface area contributed by atoms with Gasteiger partial charge in [-0.3, -0.25) is 9.89 Å². The normalized spacial score (nSPS) is 17.7. The molecular weight excluding hydrogens is 282 g/mol. The van der Waals surface area contributed by atoms with E-state index in [0.29, 0.717) is 18.8 Å². The minimum absolute atomic E-state index is 0.0611. The second-order valence-corrected chi connectivity index (χ2v) is 5.60. The Hall–Kier alpha value is -2.63. The van der Waals surface area contributed by atoms with Crippen LogP contribution in [0.4, 0.5) is 0 Å². The van der Waals surface area contributed by atoms with Crippen molar-refractivity contribution in [1.29, 1.82) is 0 Å². The molecule has 1 unspecified atom stereocenters. The molecule has 2 aromatic rings. The molecule has 2 N–H and O–H groups in total. The van der Waals surface area contributed by atoms with Gasteiger partial charge >= 0.3 is 5.97 Å². The van der Waals surface area contributed by atoms with Crippen molar-refractivity contribution >= 4 is 11.9 Å². The quantitative estimate of drug-likeness (QED) is 0.908. The second kappa shape index (κ2) is 5.63. The molecule has 1 aliphatic rings. The second-order valence-electron chi connectivity index (χ2n) is 5.60. The number of rotatable bonds is 3. The van der Waals surface area contributed by atoms with Crippen LogP contribution in [0, 0.1) is 6.92 Å². The molecule has 0 radical (unpaired) electrons. The Kier molecular flexibility index (Phi) is 3.66. The number of aryl methyl sites for hydroxylation is 1. The molecule has 0 aliphatic carbocycles. The number of amides is 1. The first kappa shape index (κ1) is 14.3. The summed E-state index contributed by atoms with van der Waals surface area (Å²) in [4.78, 5) is 25.0. The molecule has 1 saturated heterocycles. The van der Waals surface area contributed by atoms with Gasteiger partial charge in [-0.2, -0.15) is 5.10 Å². The molecule has 1 atom stereocenters. The lowest BCUT2D eigenvalue weighted by Crippen LogP contribution is -2.28. The molecule has 1 amide bonds. The molecule has 1 fully saturated rings. The van der Waals surface area contributed by atoms with Crippen molar-refractivity contribution in [3.63, 3.8) is 0 Å². The zero-order chi connectivity index (χ0) is 15.7. The number of carboxylic acids is 1. The summed E-state index contributed by atoms with van der Waals surface area (Å²) in [5.74, 6) is -0.746. The monoisotopic (exact) mass is 299 g/mol. The summed E-state index contributed by atoms with van der Waals surface area (Å²) in [5, 5.41) is 15.7. The third-order valence-corrected chi connectivity index (χ3v) is 4.03. The lowest BCUT2D eigenvalue weighted by molar-refractivity contribution is 0.0696. The number of hydrogen-bond donors (Lipinski definition) is 2. The van der Waals surface area contributed by atoms with Crippen molar-refractivity contribution in [2.45, 2.75) is 19.3 Å². The fourth-order valence-corrected chi connectivity index (χ4v) is 2.80. The Balaban J connectivity index is 1.69. The highest BCUT2D eigenvalue weighted by Crippen LogP contribution is 2.28. The fraction of sp³-hybridized carbons (Fsp3) is 0.312. The van der Waals surface area contributed by atoms with Gasteiger partial charge in [0.2, 0.25) is 0 Å². The molecule has 3 rings (SSSR count). The number of likely N-dealkylation sites (tertiary alicyclic amines) is 1. The first-order chi connectivity index (χ1) is 10.5. The summed E-state index contributed by atoms with van der Waals surface area (Å²) in [7, 11) is 0. The van der Waals surface area contributed by atoms with E-state index in [0.717, 1.165) is 17.7 Å². The molecule has 6 nitrogen and oxygen atoms in total. The van der Waals surface area contributed by atoms with Crippen LogP contribution in [-0.4, -0.2) is 45.2 Å². The van der Waals surface area contributed by atoms with Crippen LogP contribution in [0.25, 0.3) is 0 Å². The van der Waals surface area contributed by atoms with E-state index in [1.807, 2.05) is 19.1 Å². The van der Waals surface area contributed by atoms with Crippen LogP contribution in [0.3, 0.4) is 0 Å². The van der Waals surface area contributed by atoms with E-state index in [9.17, 15) is 9.59 Å². The van der Waals surface area contributed by atoms with Gasteiger partial charge in [0, 0.05) is 24.7 Å². The lowest BCUT2D eigenvalue weighted by atomic mass is 9.97. The molecule has 0 saturated carbocycles. The van der Waals surface area contributed by atoms with E-state index in [4.69, 9.17) is 5.11 Å². The molecular formula is C16H17N3O3. The number of aromatic amines is 1. The average Bonchev–Trinajstić information content (AvgIpc) is 3.15. The van der Waals surface area contributed by atoms with Gasteiger partial charge in [0.05, 0.1) is 5.56 Å². The van der Waals surface area contributed by atoms with Crippen LogP contribution in [0.15, 0.2) is 30.3 Å². The first-order valence-corrected chi connectivity index (χ1v) is 7.19. The van der Waals surface area contributed by atoms with Crippen molar-refractivity contribution in [3.8, 4) is 0 Å². The van der Waals surface area contributed by atoms with Gasteiger partial charge in [0.25, 0.3) is 5.91 Å². The fourth-order valence-electron chi connectivity index (χ4n) is 2.80. The zero-order valence-corrected chi connectivity index (χ0v) is 12.2. The number of carbonyl (C=O) groups is 2. The average molecular weight is 299 g/mol. The topological polar surface area (TPSA) is 86.3 Å². The Morgan fingerprint density at radius 1 is 1.32 bits per heavy atom. The summed E-state index contributed by atoms with van der Waals surface area (Å²) in [5.41, 5.74) is 2.66. The van der Waals surface area contributed by atoms with E-state index in [1.54, 1.807) is 23.1 Å². The van der Waals surface area contributed by atoms with Crippen LogP contribution in [-0.2, 0) is 0 Å². The maximum atomic E-state index is 12.3. The number of aromatic nitrogens is 2. The van der Waals surface area contributed by atoms with Crippen molar-refractivity contribution < 1.29 is 14.7 Å². The van der Waals surface area contributed by atoms with Crippen molar-refractivity contribution in [2.75, 3.05) is 13.1 Å². The van der Waals surface area contributed by atoms with E-state index < -0.39 is 5.97 Å². The summed E-state index contributed by atoms with van der Waals surface area (Å²) >= 11 is 0. The Morgan fingerprint density at radius 3 is 2.64 bits per heavy atom. The van der Waals surface area contributed by atoms with Crippen molar-refractivity contribution in [3.05, 3.63) is 52.8 Å². The van der Waals surface area contributed by atoms with Crippen LogP contribution in [0.1, 0.15) is 44.4 Å². The molecule has 2 heterocycles. The largest absolute Gasteiger partial charge is 0.478 e. The standard InChI is InChI=1S/C16H17N3O3/c1-10-8-14(18-17-10)15(20)19-7-6-13(9-19)11-2-4-12(5-3-11)16(21)22/h2-5,8,13H,6-7,9H2,1H3,(H,17,18)(H,21,22). The number of H-pyrrole nitrogens is 1. The lowest BCUT2D eigenvalue weighted by Gasteiger charge is -2.15. The van der Waals surface area contributed by atoms with Crippen LogP contribution in [0.5, 0.6) is 0 Å². The summed E-state index contributed by atoms with van der Waals surface area (Å²) < 4.78 is 0. The number of aromatic carboxylic acids is 1. The van der Waals surface area contributed by atoms with Gasteiger partial charge in [-0.1, -0.05) is 12.1 Å². The molecule has 1 aromatic heterocycles. The predicted octanol–water partition coefficient (Wildman–Crippen LogP) is 2.05. The maximum absolute atomic E-state index is 12.3. The van der Waals surface area contributed by atoms with Gasteiger partial charge in [0.1, 0.15) is 5.69 Å². The van der Waals surface area contributed by atoms with Gasteiger partial charge in [-0.15, -0.1) is 0 Å². The minimum atomic E-state index is -0.927. The molecule has 0 spiro atoms. The number of benzene rings is 1. The highest BCUT2D eigenvalue weighted by atomic mass is 16.4. The summed E-state index contributed by atoms with van der Waals surface area (Å²) in [6.07, 6.45) is 0.877. The van der Waals surface area contributed by atoms with Gasteiger partial charge in [-0.05, 0) is 37.1 Å². The number of nitrogens with one attached hydrogen (secondary N) is 1. The van der Waals surface area contributed by atoms with E-state index >= 15 is 0 Å². The van der Waals surface area contributed by atoms with Crippen LogP contribution < -0.4 is 0 Å². The molecule has 1 aliphatic heterocycles. The number of hydrogen-bond acceptors (Lipinski definition) is 3. The molecule has 6 heteroatoms. The van der Waals surface area contributed by atoms with Gasteiger partial charge < -0.3 is 10.0 Å². The molecule has 114 valence electrons. The maximum Gasteiger partial charge on any atom is 0.335 e. The van der Waals surface area contributed by atoms with Crippen molar-refractivity contribution in [1.82, 2.24) is 15.1 Å². The Bertz CT molecular complexity index is 706. The predicted molar refractivity (Wildman–Crippen MR) is 80.0 cm³/mol. The zero-order valence-electron chi connectivity index (χ0n) is 12.2. The first-order valence-electron chi connectivity index (χ1n) is 7.19. The Labute approximate surface area is 127 Å². The van der Waals surface area contributed by atoms with Crippen molar-refractivity contribution in [2.24, 2.45) is 0 Å². The third-order valence-electron chi connectivity index (χ3n) is 4.03. The smallest absolute Gasteiger partial charge is 0.335 e. The summed E-state index contributed by atoms with van der Waals surface area (Å²) in [6.45, 7) is 3.19. The van der Waals surface area contributed by atoms with Gasteiger partial charge in [0.15, 0.2) is 0 Å². The Morgan fingerprint density at radius 2 is 2.05 bits per heavy atom. The molecule has 22 heavy (non-hydrogen) atoms. The molecule has 1 aromatic carbocycles. The summed E-state index contributed by atoms with van der Waals surface area (Å²) in [6, 6.07) is 8.64. The number of nitrogens with zero attached hydrogens (tertiary/aromatic N) is 2. The third kappa shape index (κ3) is 2.72. The highest BCUT2D eigenvalue weighted by Gasteiger charge is 2.29. The van der Waals surface area contributed by atoms with E-state index in [1.165, 1.54) is 0 Å². The SMILES string of the molecule is Cc1cc(C(=O)N2CCC(c3ccc(C(=O)O)cc3)C2)n[nH]1. The van der Waals surface area contributed by atoms with E-state index in [-0.39, 0.29) is 17.4 Å². The van der Waals surface area contributed by atoms with Crippen LogP contribution >= 0.6 is 0 Å². The minimum Gasteiger partial charge on any atom is -0.478 e. The van der Waals surface area contributed by atoms with Crippen LogP contribution in [0.2, 0.25) is 0 Å². The number of carbonyl (C=O) groups excluding carboxylic acids is 1. The van der Waals surface area contributed by atoms with E-state index in [2.05, 4.69) is 10.2 Å². The highest BCUT2D eigenvalue weighted by molar-refractivity contribution is 5.92.